The number of benzene rings is 1. The van der Waals surface area contributed by atoms with E-state index in [1.807, 2.05) is 6.92 Å². The number of hydrogen-bond donors (Lipinski definition) is 2. The summed E-state index contributed by atoms with van der Waals surface area (Å²) in [5.74, 6) is 0.594. The molecule has 124 valence electrons. The van der Waals surface area contributed by atoms with Crippen LogP contribution in [0.1, 0.15) is 39.0 Å². The van der Waals surface area contributed by atoms with Crippen LogP contribution in [0, 0.1) is 0 Å². The number of hydrogen-bond acceptors (Lipinski definition) is 3. The number of carbonyl (C=O) groups excluding carboxylic acids is 2. The lowest BCUT2D eigenvalue weighted by Crippen LogP contribution is -2.84. The van der Waals surface area contributed by atoms with Crippen LogP contribution in [0.4, 0.5) is 0 Å². The van der Waals surface area contributed by atoms with Gasteiger partial charge in [-0.05, 0) is 49.9 Å². The molecule has 2 amide bonds. The molecule has 3 aliphatic rings. The summed E-state index contributed by atoms with van der Waals surface area (Å²) in [6.07, 6.45) is 3.88. The van der Waals surface area contributed by atoms with Gasteiger partial charge in [0, 0.05) is 22.5 Å². The number of rotatable bonds is 7. The summed E-state index contributed by atoms with van der Waals surface area (Å²) in [6, 6.07) is 6.90. The molecule has 0 atom stereocenters. The quantitative estimate of drug-likeness (QED) is 0.803. The maximum atomic E-state index is 12.0. The van der Waals surface area contributed by atoms with E-state index in [1.54, 1.807) is 24.3 Å². The minimum Gasteiger partial charge on any atom is -0.484 e. The van der Waals surface area contributed by atoms with Crippen LogP contribution in [0.2, 0.25) is 5.02 Å². The molecule has 0 aromatic heterocycles. The first-order chi connectivity index (χ1) is 10.9. The maximum Gasteiger partial charge on any atom is 0.258 e. The van der Waals surface area contributed by atoms with E-state index in [9.17, 15) is 9.59 Å². The van der Waals surface area contributed by atoms with Gasteiger partial charge in [-0.3, -0.25) is 9.59 Å². The van der Waals surface area contributed by atoms with E-state index in [-0.39, 0.29) is 29.5 Å². The van der Waals surface area contributed by atoms with E-state index >= 15 is 0 Å². The van der Waals surface area contributed by atoms with E-state index in [1.165, 1.54) is 0 Å². The second kappa shape index (κ2) is 6.04. The molecular formula is C17H21ClN2O3. The van der Waals surface area contributed by atoms with Crippen molar-refractivity contribution in [2.75, 3.05) is 6.61 Å². The zero-order valence-electron chi connectivity index (χ0n) is 13.2. The van der Waals surface area contributed by atoms with Gasteiger partial charge in [0.15, 0.2) is 6.61 Å². The smallest absolute Gasteiger partial charge is 0.258 e. The lowest BCUT2D eigenvalue weighted by Gasteiger charge is -2.70. The summed E-state index contributed by atoms with van der Waals surface area (Å²) in [4.78, 5) is 23.7. The second-order valence-electron chi connectivity index (χ2n) is 6.68. The molecule has 2 N–H and O–H groups in total. The number of ether oxygens (including phenoxy) is 1. The molecule has 6 heteroatoms. The van der Waals surface area contributed by atoms with Gasteiger partial charge in [0.2, 0.25) is 5.91 Å². The number of carbonyl (C=O) groups is 2. The topological polar surface area (TPSA) is 67.4 Å². The fourth-order valence-electron chi connectivity index (χ4n) is 3.65. The van der Waals surface area contributed by atoms with Gasteiger partial charge in [0.05, 0.1) is 0 Å². The van der Waals surface area contributed by atoms with E-state index < -0.39 is 0 Å². The van der Waals surface area contributed by atoms with Gasteiger partial charge >= 0.3 is 0 Å². The highest BCUT2D eigenvalue weighted by Gasteiger charge is 2.69. The first-order valence-corrected chi connectivity index (χ1v) is 8.32. The third-order valence-electron chi connectivity index (χ3n) is 4.50. The summed E-state index contributed by atoms with van der Waals surface area (Å²) in [6.45, 7) is 1.97. The Bertz CT molecular complexity index is 595. The predicted molar refractivity (Wildman–Crippen MR) is 87.5 cm³/mol. The average Bonchev–Trinajstić information content (AvgIpc) is 2.43. The summed E-state index contributed by atoms with van der Waals surface area (Å²) in [7, 11) is 0. The molecular weight excluding hydrogens is 316 g/mol. The van der Waals surface area contributed by atoms with Crippen molar-refractivity contribution in [2.45, 2.75) is 50.1 Å². The fourth-order valence-corrected chi connectivity index (χ4v) is 3.78. The number of halogens is 1. The summed E-state index contributed by atoms with van der Waals surface area (Å²) in [5.41, 5.74) is -0.212. The van der Waals surface area contributed by atoms with Crippen LogP contribution in [-0.2, 0) is 9.59 Å². The minimum atomic E-state index is -0.139. The van der Waals surface area contributed by atoms with Crippen molar-refractivity contribution in [3.8, 4) is 5.75 Å². The highest BCUT2D eigenvalue weighted by molar-refractivity contribution is 6.30. The summed E-state index contributed by atoms with van der Waals surface area (Å²) in [5, 5.41) is 6.75. The molecule has 0 saturated heterocycles. The SMILES string of the molecule is CCCC(=O)NC12CC(NC(=O)COc3ccc(Cl)cc3)(C1)C2. The summed E-state index contributed by atoms with van der Waals surface area (Å²) >= 11 is 5.80. The van der Waals surface area contributed by atoms with Gasteiger partial charge in [0.1, 0.15) is 5.75 Å². The largest absolute Gasteiger partial charge is 0.484 e. The molecule has 1 aromatic rings. The van der Waals surface area contributed by atoms with Gasteiger partial charge in [-0.15, -0.1) is 0 Å². The lowest BCUT2D eigenvalue weighted by atomic mass is 9.44. The molecule has 5 nitrogen and oxygen atoms in total. The zero-order chi connectivity index (χ0) is 16.5. The van der Waals surface area contributed by atoms with E-state index in [2.05, 4.69) is 10.6 Å². The van der Waals surface area contributed by atoms with Gasteiger partial charge in [0.25, 0.3) is 5.91 Å². The first-order valence-electron chi connectivity index (χ1n) is 7.95. The van der Waals surface area contributed by atoms with Crippen molar-refractivity contribution in [3.63, 3.8) is 0 Å². The predicted octanol–water partition coefficient (Wildman–Crippen LogP) is 2.43. The standard InChI is InChI=1S/C17H21ClN2O3/c1-2-3-14(21)19-16-9-17(10-16,11-16)20-15(22)8-23-13-6-4-12(18)5-7-13/h4-7H,2-3,8-11H2,1H3,(H,19,21)(H,20,22). The monoisotopic (exact) mass is 336 g/mol. The molecule has 3 saturated carbocycles. The van der Waals surface area contributed by atoms with Crippen molar-refractivity contribution in [2.24, 2.45) is 0 Å². The van der Waals surface area contributed by atoms with Crippen molar-refractivity contribution in [3.05, 3.63) is 29.3 Å². The third-order valence-corrected chi connectivity index (χ3v) is 4.75. The highest BCUT2D eigenvalue weighted by Crippen LogP contribution is 2.60. The molecule has 0 radical (unpaired) electrons. The van der Waals surface area contributed by atoms with Gasteiger partial charge in [-0.1, -0.05) is 18.5 Å². The second-order valence-corrected chi connectivity index (χ2v) is 7.12. The Morgan fingerprint density at radius 3 is 2.22 bits per heavy atom. The van der Waals surface area contributed by atoms with E-state index in [0.717, 1.165) is 25.7 Å². The molecule has 4 rings (SSSR count). The minimum absolute atomic E-state index is 0.0153. The third kappa shape index (κ3) is 3.44. The van der Waals surface area contributed by atoms with Crippen LogP contribution in [0.3, 0.4) is 0 Å². The van der Waals surface area contributed by atoms with Gasteiger partial charge < -0.3 is 15.4 Å². The van der Waals surface area contributed by atoms with Crippen LogP contribution in [0.15, 0.2) is 24.3 Å². The molecule has 0 spiro atoms. The first kappa shape index (κ1) is 16.1. The van der Waals surface area contributed by atoms with Crippen molar-refractivity contribution < 1.29 is 14.3 Å². The van der Waals surface area contributed by atoms with Crippen LogP contribution in [-0.4, -0.2) is 29.5 Å². The molecule has 0 unspecified atom stereocenters. The number of amides is 2. The average molecular weight is 337 g/mol. The Balaban J connectivity index is 1.39. The van der Waals surface area contributed by atoms with Gasteiger partial charge in [-0.2, -0.15) is 0 Å². The van der Waals surface area contributed by atoms with Gasteiger partial charge in [-0.25, -0.2) is 0 Å². The van der Waals surface area contributed by atoms with Crippen molar-refractivity contribution >= 4 is 23.4 Å². The van der Waals surface area contributed by atoms with Crippen LogP contribution < -0.4 is 15.4 Å². The molecule has 1 aromatic carbocycles. The maximum absolute atomic E-state index is 12.0. The Morgan fingerprint density at radius 1 is 1.09 bits per heavy atom. The van der Waals surface area contributed by atoms with Crippen molar-refractivity contribution in [1.29, 1.82) is 0 Å². The molecule has 3 fully saturated rings. The molecule has 0 aliphatic heterocycles. The highest BCUT2D eigenvalue weighted by atomic mass is 35.5. The Labute approximate surface area is 140 Å². The molecule has 23 heavy (non-hydrogen) atoms. The fraction of sp³-hybridized carbons (Fsp3) is 0.529. The Hall–Kier alpha value is -1.75. The summed E-state index contributed by atoms with van der Waals surface area (Å²) < 4.78 is 5.44. The normalized spacial score (nSPS) is 27.4. The van der Waals surface area contributed by atoms with E-state index in [0.29, 0.717) is 17.2 Å². The van der Waals surface area contributed by atoms with Crippen LogP contribution >= 0.6 is 11.6 Å². The Morgan fingerprint density at radius 2 is 1.65 bits per heavy atom. The Kier molecular flexibility index (Phi) is 4.23. The number of nitrogens with one attached hydrogen (secondary N) is 2. The van der Waals surface area contributed by atoms with Crippen molar-refractivity contribution in [1.82, 2.24) is 10.6 Å². The van der Waals surface area contributed by atoms with E-state index in [4.69, 9.17) is 16.3 Å². The van der Waals surface area contributed by atoms with Crippen LogP contribution in [0.5, 0.6) is 5.75 Å². The zero-order valence-corrected chi connectivity index (χ0v) is 13.9. The molecule has 0 heterocycles. The molecule has 2 bridgehead atoms. The van der Waals surface area contributed by atoms with Crippen LogP contribution in [0.25, 0.3) is 0 Å². The molecule has 3 aliphatic carbocycles. The lowest BCUT2D eigenvalue weighted by molar-refractivity contribution is -0.150.